The molecule has 7 heteroatoms. The van der Waals surface area contributed by atoms with E-state index in [9.17, 15) is 9.59 Å². The summed E-state index contributed by atoms with van der Waals surface area (Å²) in [7, 11) is 0. The maximum Gasteiger partial charge on any atom is 0.322 e. The maximum atomic E-state index is 11.5. The van der Waals surface area contributed by atoms with Crippen LogP contribution in [0.3, 0.4) is 0 Å². The van der Waals surface area contributed by atoms with Gasteiger partial charge < -0.3 is 19.6 Å². The number of rotatable bonds is 8. The summed E-state index contributed by atoms with van der Waals surface area (Å²) in [5, 5.41) is 12.9. The number of para-hydroxylation sites is 2. The second-order valence-electron chi connectivity index (χ2n) is 6.83. The second kappa shape index (κ2) is 8.65. The number of nitrogens with zero attached hydrogens (tertiary/aromatic N) is 1. The number of aliphatic carboxylic acids is 1. The Labute approximate surface area is 172 Å². The topological polar surface area (TPSA) is 102 Å². The Morgan fingerprint density at radius 2 is 1.83 bits per heavy atom. The molecule has 30 heavy (non-hydrogen) atoms. The number of benzene rings is 3. The van der Waals surface area contributed by atoms with E-state index < -0.39 is 5.97 Å². The van der Waals surface area contributed by atoms with E-state index in [1.54, 1.807) is 0 Å². The number of carbonyl (C=O) groups excluding carboxylic acids is 1. The highest BCUT2D eigenvalue weighted by molar-refractivity contribution is 5.88. The highest BCUT2D eigenvalue weighted by Gasteiger charge is 2.09. The average molecular weight is 404 g/mol. The normalized spacial score (nSPS) is 10.9. The summed E-state index contributed by atoms with van der Waals surface area (Å²) in [6, 6.07) is 19.4. The molecule has 0 unspecified atom stereocenters. The zero-order valence-electron chi connectivity index (χ0n) is 16.1. The van der Waals surface area contributed by atoms with Gasteiger partial charge in [0.1, 0.15) is 17.8 Å². The first-order valence-corrected chi connectivity index (χ1v) is 9.59. The van der Waals surface area contributed by atoms with E-state index in [0.717, 1.165) is 27.4 Å². The Kier molecular flexibility index (Phi) is 5.61. The van der Waals surface area contributed by atoms with Gasteiger partial charge in [0.2, 0.25) is 11.8 Å². The summed E-state index contributed by atoms with van der Waals surface area (Å²) in [6.07, 6.45) is 0.717. The molecule has 0 aliphatic heterocycles. The van der Waals surface area contributed by atoms with Crippen molar-refractivity contribution in [2.45, 2.75) is 12.8 Å². The smallest absolute Gasteiger partial charge is 0.322 e. The van der Waals surface area contributed by atoms with Gasteiger partial charge in [-0.1, -0.05) is 24.3 Å². The third kappa shape index (κ3) is 4.57. The molecule has 0 aliphatic rings. The van der Waals surface area contributed by atoms with Crippen LogP contribution >= 0.6 is 0 Å². The van der Waals surface area contributed by atoms with Crippen molar-refractivity contribution in [2.24, 2.45) is 0 Å². The molecule has 0 bridgehead atoms. The van der Waals surface area contributed by atoms with Crippen LogP contribution in [0.25, 0.3) is 33.3 Å². The van der Waals surface area contributed by atoms with Crippen LogP contribution in [-0.2, 0) is 9.59 Å². The van der Waals surface area contributed by atoms with Crippen LogP contribution in [0, 0.1) is 0 Å². The molecule has 0 radical (unpaired) electrons. The lowest BCUT2D eigenvalue weighted by Crippen LogP contribution is -2.29. The van der Waals surface area contributed by atoms with Crippen LogP contribution in [0.2, 0.25) is 0 Å². The lowest BCUT2D eigenvalue weighted by molar-refractivity contribution is -0.137. The van der Waals surface area contributed by atoms with Crippen molar-refractivity contribution < 1.29 is 23.8 Å². The molecule has 0 spiro atoms. The Balaban J connectivity index is 1.38. The molecule has 0 saturated heterocycles. The maximum absolute atomic E-state index is 11.5. The van der Waals surface area contributed by atoms with Gasteiger partial charge in [-0.2, -0.15) is 0 Å². The van der Waals surface area contributed by atoms with E-state index in [4.69, 9.17) is 14.3 Å². The van der Waals surface area contributed by atoms with Gasteiger partial charge in [0.05, 0.1) is 6.61 Å². The first-order chi connectivity index (χ1) is 14.6. The molecule has 3 aromatic carbocycles. The lowest BCUT2D eigenvalue weighted by Gasteiger charge is -2.08. The molecule has 2 N–H and O–H groups in total. The molecule has 1 heterocycles. The predicted octanol–water partition coefficient (Wildman–Crippen LogP) is 4.01. The van der Waals surface area contributed by atoms with Gasteiger partial charge >= 0.3 is 5.97 Å². The molecule has 1 amide bonds. The SMILES string of the molecule is O=C(O)CNC(=O)CCCOc1ccc2cc(-c3nc4ccccc4o3)ccc2c1. The zero-order valence-corrected chi connectivity index (χ0v) is 16.1. The number of ether oxygens (including phenoxy) is 1. The van der Waals surface area contributed by atoms with Crippen LogP contribution < -0.4 is 10.1 Å². The quantitative estimate of drug-likeness (QED) is 0.430. The minimum absolute atomic E-state index is 0.217. The molecule has 0 atom stereocenters. The van der Waals surface area contributed by atoms with E-state index in [1.165, 1.54) is 0 Å². The number of carboxylic acid groups (broad SMARTS) is 1. The lowest BCUT2D eigenvalue weighted by atomic mass is 10.1. The van der Waals surface area contributed by atoms with Gasteiger partial charge in [0.25, 0.3) is 0 Å². The van der Waals surface area contributed by atoms with Crippen molar-refractivity contribution >= 4 is 33.7 Å². The van der Waals surface area contributed by atoms with Gasteiger partial charge in [-0.3, -0.25) is 9.59 Å². The highest BCUT2D eigenvalue weighted by Crippen LogP contribution is 2.28. The third-order valence-corrected chi connectivity index (χ3v) is 4.61. The number of fused-ring (bicyclic) bond motifs is 2. The number of hydrogen-bond donors (Lipinski definition) is 2. The average Bonchev–Trinajstić information content (AvgIpc) is 3.19. The number of nitrogens with one attached hydrogen (secondary N) is 1. The van der Waals surface area contributed by atoms with Crippen molar-refractivity contribution in [1.82, 2.24) is 10.3 Å². The molecule has 1 aromatic heterocycles. The van der Waals surface area contributed by atoms with E-state index in [2.05, 4.69) is 10.3 Å². The van der Waals surface area contributed by atoms with Crippen molar-refractivity contribution in [3.8, 4) is 17.2 Å². The predicted molar refractivity (Wildman–Crippen MR) is 112 cm³/mol. The second-order valence-corrected chi connectivity index (χ2v) is 6.83. The highest BCUT2D eigenvalue weighted by atomic mass is 16.5. The Bertz CT molecular complexity index is 1180. The summed E-state index contributed by atoms with van der Waals surface area (Å²) in [4.78, 5) is 26.5. The van der Waals surface area contributed by atoms with Gasteiger partial charge in [0.15, 0.2) is 5.58 Å². The monoisotopic (exact) mass is 404 g/mol. The fourth-order valence-corrected chi connectivity index (χ4v) is 3.13. The minimum atomic E-state index is -1.06. The molecule has 7 nitrogen and oxygen atoms in total. The number of carboxylic acids is 1. The summed E-state index contributed by atoms with van der Waals surface area (Å²) in [5.41, 5.74) is 2.49. The van der Waals surface area contributed by atoms with Crippen molar-refractivity contribution in [1.29, 1.82) is 0 Å². The van der Waals surface area contributed by atoms with E-state index in [1.807, 2.05) is 60.7 Å². The van der Waals surface area contributed by atoms with Gasteiger partial charge in [-0.05, 0) is 53.6 Å². The minimum Gasteiger partial charge on any atom is -0.494 e. The van der Waals surface area contributed by atoms with Crippen LogP contribution in [0.1, 0.15) is 12.8 Å². The Morgan fingerprint density at radius 1 is 1.03 bits per heavy atom. The summed E-state index contributed by atoms with van der Waals surface area (Å²) < 4.78 is 11.6. The molecule has 0 aliphatic carbocycles. The fourth-order valence-electron chi connectivity index (χ4n) is 3.13. The van der Waals surface area contributed by atoms with Gasteiger partial charge in [-0.25, -0.2) is 4.98 Å². The largest absolute Gasteiger partial charge is 0.494 e. The van der Waals surface area contributed by atoms with Crippen LogP contribution in [-0.4, -0.2) is 35.1 Å². The standard InChI is InChI=1S/C23H20N2O5/c26-21(24-14-22(27)28)6-3-11-29-18-10-9-15-12-17(8-7-16(15)13-18)23-25-19-4-1-2-5-20(19)30-23/h1-2,4-5,7-10,12-13H,3,6,11,14H2,(H,24,26)(H,27,28). The molecule has 0 fully saturated rings. The first-order valence-electron chi connectivity index (χ1n) is 9.59. The fraction of sp³-hybridized carbons (Fsp3) is 0.174. The summed E-state index contributed by atoms with van der Waals surface area (Å²) >= 11 is 0. The van der Waals surface area contributed by atoms with Crippen LogP contribution in [0.5, 0.6) is 5.75 Å². The number of aromatic nitrogens is 1. The van der Waals surface area contributed by atoms with E-state index in [-0.39, 0.29) is 18.9 Å². The Morgan fingerprint density at radius 3 is 2.67 bits per heavy atom. The first kappa shape index (κ1) is 19.4. The molecule has 152 valence electrons. The number of carbonyl (C=O) groups is 2. The molecule has 4 aromatic rings. The number of oxazole rings is 1. The van der Waals surface area contributed by atoms with Crippen molar-refractivity contribution in [2.75, 3.05) is 13.2 Å². The number of amides is 1. The zero-order chi connectivity index (χ0) is 20.9. The van der Waals surface area contributed by atoms with E-state index in [0.29, 0.717) is 24.7 Å². The van der Waals surface area contributed by atoms with Gasteiger partial charge in [0, 0.05) is 12.0 Å². The molecule has 0 saturated carbocycles. The summed E-state index contributed by atoms with van der Waals surface area (Å²) in [6.45, 7) is 0.00287. The van der Waals surface area contributed by atoms with Crippen LogP contribution in [0.15, 0.2) is 65.1 Å². The van der Waals surface area contributed by atoms with E-state index >= 15 is 0 Å². The number of hydrogen-bond acceptors (Lipinski definition) is 5. The van der Waals surface area contributed by atoms with Gasteiger partial charge in [-0.15, -0.1) is 0 Å². The Hall–Kier alpha value is -3.87. The van der Waals surface area contributed by atoms with Crippen LogP contribution in [0.4, 0.5) is 0 Å². The molecular weight excluding hydrogens is 384 g/mol. The molecular formula is C23H20N2O5. The third-order valence-electron chi connectivity index (χ3n) is 4.61. The summed E-state index contributed by atoms with van der Waals surface area (Å²) in [5.74, 6) is -0.0658. The molecule has 4 rings (SSSR count). The van der Waals surface area contributed by atoms with Crippen molar-refractivity contribution in [3.05, 3.63) is 60.7 Å². The van der Waals surface area contributed by atoms with Crippen molar-refractivity contribution in [3.63, 3.8) is 0 Å².